The van der Waals surface area contributed by atoms with Gasteiger partial charge >= 0.3 is 0 Å². The van der Waals surface area contributed by atoms with Crippen molar-refractivity contribution in [2.75, 3.05) is 13.1 Å². The molecule has 7 heteroatoms. The van der Waals surface area contributed by atoms with Gasteiger partial charge in [-0.15, -0.1) is 5.10 Å². The van der Waals surface area contributed by atoms with Crippen LogP contribution in [0.1, 0.15) is 78.7 Å². The summed E-state index contributed by atoms with van der Waals surface area (Å²) in [6, 6.07) is 17.2. The van der Waals surface area contributed by atoms with Crippen molar-refractivity contribution >= 4 is 10.9 Å². The normalized spacial score (nSPS) is 18.5. The zero-order chi connectivity index (χ0) is 25.4. The molecule has 1 aliphatic heterocycles. The highest BCUT2D eigenvalue weighted by atomic mass is 16.1. The number of aromatic nitrogens is 5. The second-order valence-electron chi connectivity index (χ2n) is 11.1. The van der Waals surface area contributed by atoms with Crippen LogP contribution in [0.25, 0.3) is 10.9 Å². The van der Waals surface area contributed by atoms with Crippen LogP contribution in [0.3, 0.4) is 0 Å². The summed E-state index contributed by atoms with van der Waals surface area (Å²) in [7, 11) is 0. The van der Waals surface area contributed by atoms with Crippen LogP contribution in [-0.2, 0) is 6.42 Å². The van der Waals surface area contributed by atoms with Crippen LogP contribution in [0.5, 0.6) is 0 Å². The van der Waals surface area contributed by atoms with E-state index in [0.29, 0.717) is 12.0 Å². The average molecular weight is 497 g/mol. The van der Waals surface area contributed by atoms with E-state index in [1.807, 2.05) is 4.68 Å². The first-order valence-electron chi connectivity index (χ1n) is 13.8. The molecule has 3 heterocycles. The Balaban J connectivity index is 1.36. The Morgan fingerprint density at radius 1 is 0.973 bits per heavy atom. The molecule has 1 aliphatic carbocycles. The second kappa shape index (κ2) is 10.2. The molecule has 2 aliphatic rings. The van der Waals surface area contributed by atoms with Gasteiger partial charge in [0.2, 0.25) is 0 Å². The van der Waals surface area contributed by atoms with Crippen LogP contribution in [0.2, 0.25) is 0 Å². The number of nitrogens with one attached hydrogen (secondary N) is 1. The van der Waals surface area contributed by atoms with Gasteiger partial charge in [0.15, 0.2) is 5.82 Å². The van der Waals surface area contributed by atoms with E-state index in [9.17, 15) is 4.79 Å². The van der Waals surface area contributed by atoms with Gasteiger partial charge in [0.05, 0.1) is 6.04 Å². The molecule has 1 N–H and O–H groups in total. The highest BCUT2D eigenvalue weighted by Gasteiger charge is 2.35. The molecule has 1 saturated heterocycles. The smallest absolute Gasteiger partial charge is 0.253 e. The summed E-state index contributed by atoms with van der Waals surface area (Å²) < 4.78 is 2.03. The van der Waals surface area contributed by atoms with E-state index in [1.165, 1.54) is 29.5 Å². The first-order valence-corrected chi connectivity index (χ1v) is 13.8. The molecule has 4 aromatic rings. The van der Waals surface area contributed by atoms with Gasteiger partial charge < -0.3 is 4.98 Å². The van der Waals surface area contributed by atoms with E-state index >= 15 is 0 Å². The summed E-state index contributed by atoms with van der Waals surface area (Å²) in [5.41, 5.74) is 5.38. The predicted molar refractivity (Wildman–Crippen MR) is 146 cm³/mol. The largest absolute Gasteiger partial charge is 0.322 e. The lowest BCUT2D eigenvalue weighted by Gasteiger charge is -2.37. The third kappa shape index (κ3) is 4.85. The fourth-order valence-corrected chi connectivity index (χ4v) is 6.35. The molecular formula is C30H36N6O. The number of nitrogens with zero attached hydrogens (tertiary/aromatic N) is 5. The van der Waals surface area contributed by atoms with Crippen molar-refractivity contribution in [1.82, 2.24) is 30.1 Å². The van der Waals surface area contributed by atoms with Gasteiger partial charge in [0.1, 0.15) is 6.04 Å². The number of hydrogen-bond donors (Lipinski definition) is 1. The van der Waals surface area contributed by atoms with Crippen LogP contribution >= 0.6 is 0 Å². The summed E-state index contributed by atoms with van der Waals surface area (Å²) >= 11 is 0. The van der Waals surface area contributed by atoms with Gasteiger partial charge in [0, 0.05) is 11.1 Å². The van der Waals surface area contributed by atoms with Gasteiger partial charge in [-0.2, -0.15) is 0 Å². The molecule has 37 heavy (non-hydrogen) atoms. The molecule has 0 spiro atoms. The number of benzene rings is 2. The number of likely N-dealkylation sites (tertiary alicyclic amines) is 1. The minimum absolute atomic E-state index is 0.0480. The number of rotatable bonds is 6. The molecule has 0 amide bonds. The summed E-state index contributed by atoms with van der Waals surface area (Å²) in [5.74, 6) is 1.45. The van der Waals surface area contributed by atoms with Gasteiger partial charge in [0.25, 0.3) is 5.56 Å². The van der Waals surface area contributed by atoms with Gasteiger partial charge in [-0.3, -0.25) is 9.69 Å². The van der Waals surface area contributed by atoms with E-state index in [0.717, 1.165) is 67.5 Å². The first-order chi connectivity index (χ1) is 18.1. The van der Waals surface area contributed by atoms with Crippen LogP contribution in [0, 0.1) is 19.8 Å². The molecule has 0 unspecified atom stereocenters. The molecule has 6 rings (SSSR count). The molecule has 0 bridgehead atoms. The highest BCUT2D eigenvalue weighted by molar-refractivity contribution is 5.81. The Hall–Kier alpha value is -3.32. The Labute approximate surface area is 217 Å². The molecule has 2 aromatic heterocycles. The molecule has 7 nitrogen and oxygen atoms in total. The lowest BCUT2D eigenvalue weighted by Crippen LogP contribution is -2.41. The number of fused-ring (bicyclic) bond motifs is 1. The van der Waals surface area contributed by atoms with Crippen LogP contribution in [0.4, 0.5) is 0 Å². The van der Waals surface area contributed by atoms with Gasteiger partial charge in [-0.25, -0.2) is 4.68 Å². The van der Waals surface area contributed by atoms with Crippen molar-refractivity contribution in [3.63, 3.8) is 0 Å². The number of H-pyrrole nitrogens is 1. The number of hydrogen-bond acceptors (Lipinski definition) is 5. The molecular weight excluding hydrogens is 460 g/mol. The van der Waals surface area contributed by atoms with Gasteiger partial charge in [-0.05, 0) is 116 Å². The average Bonchev–Trinajstić information content (AvgIpc) is 3.60. The van der Waals surface area contributed by atoms with E-state index < -0.39 is 0 Å². The number of tetrazole rings is 1. The first kappa shape index (κ1) is 24.0. The van der Waals surface area contributed by atoms with Crippen molar-refractivity contribution in [3.05, 3.63) is 87.0 Å². The third-order valence-electron chi connectivity index (χ3n) is 8.60. The maximum absolute atomic E-state index is 13.6. The summed E-state index contributed by atoms with van der Waals surface area (Å²) in [5, 5.41) is 14.2. The van der Waals surface area contributed by atoms with Crippen LogP contribution < -0.4 is 5.56 Å². The highest BCUT2D eigenvalue weighted by Crippen LogP contribution is 2.36. The molecule has 2 fully saturated rings. The zero-order valence-corrected chi connectivity index (χ0v) is 21.9. The molecule has 2 aromatic carbocycles. The van der Waals surface area contributed by atoms with Gasteiger partial charge in [-0.1, -0.05) is 43.2 Å². The van der Waals surface area contributed by atoms with E-state index in [2.05, 4.69) is 87.8 Å². The van der Waals surface area contributed by atoms with Crippen molar-refractivity contribution in [2.45, 2.75) is 70.9 Å². The maximum Gasteiger partial charge on any atom is 0.253 e. The van der Waals surface area contributed by atoms with E-state index in [-0.39, 0.29) is 11.6 Å². The SMILES string of the molecule is Cc1cc2cc([C@H](c3nnnn3C3CCCC3)N3CCC(Cc4ccccc4)CC3)c(=O)[nH]c2cc1C. The van der Waals surface area contributed by atoms with Crippen molar-refractivity contribution in [3.8, 4) is 0 Å². The molecule has 1 atom stereocenters. The lowest BCUT2D eigenvalue weighted by molar-refractivity contribution is 0.141. The minimum atomic E-state index is -0.261. The predicted octanol–water partition coefficient (Wildman–Crippen LogP) is 5.29. The number of aryl methyl sites for hydroxylation is 2. The molecule has 1 saturated carbocycles. The van der Waals surface area contributed by atoms with Crippen LogP contribution in [0.15, 0.2) is 53.3 Å². The Morgan fingerprint density at radius 3 is 2.46 bits per heavy atom. The quantitative estimate of drug-likeness (QED) is 0.392. The standard InChI is InChI=1S/C30H36N6O/c1-20-16-24-19-26(30(37)31-27(24)17-21(20)2)28(29-32-33-34-36(29)25-10-6-7-11-25)35-14-12-23(13-15-35)18-22-8-4-3-5-9-22/h3-5,8-9,16-17,19,23,25,28H,6-7,10-15,18H2,1-2H3,(H,31,37)/t28-/m1/s1. The minimum Gasteiger partial charge on any atom is -0.322 e. The summed E-state index contributed by atoms with van der Waals surface area (Å²) in [4.78, 5) is 19.2. The fraction of sp³-hybridized carbons (Fsp3) is 0.467. The third-order valence-corrected chi connectivity index (χ3v) is 8.60. The Kier molecular flexibility index (Phi) is 6.63. The Bertz CT molecular complexity index is 1430. The number of aromatic amines is 1. The molecule has 192 valence electrons. The van der Waals surface area contributed by atoms with E-state index in [1.54, 1.807) is 0 Å². The second-order valence-corrected chi connectivity index (χ2v) is 11.1. The number of piperidine rings is 1. The van der Waals surface area contributed by atoms with Crippen LogP contribution in [-0.4, -0.2) is 43.2 Å². The molecule has 0 radical (unpaired) electrons. The monoisotopic (exact) mass is 496 g/mol. The zero-order valence-electron chi connectivity index (χ0n) is 21.9. The maximum atomic E-state index is 13.6. The lowest BCUT2D eigenvalue weighted by atomic mass is 9.88. The summed E-state index contributed by atoms with van der Waals surface area (Å²) in [6.45, 7) is 6.04. The topological polar surface area (TPSA) is 79.7 Å². The fourth-order valence-electron chi connectivity index (χ4n) is 6.35. The van der Waals surface area contributed by atoms with E-state index in [4.69, 9.17) is 0 Å². The Morgan fingerprint density at radius 2 is 1.70 bits per heavy atom. The van der Waals surface area contributed by atoms with Crippen molar-refractivity contribution in [1.29, 1.82) is 0 Å². The summed E-state index contributed by atoms with van der Waals surface area (Å²) in [6.07, 6.45) is 7.89. The number of pyridine rings is 1. The van der Waals surface area contributed by atoms with Crippen molar-refractivity contribution in [2.24, 2.45) is 5.92 Å². The van der Waals surface area contributed by atoms with Crippen molar-refractivity contribution < 1.29 is 0 Å².